The van der Waals surface area contributed by atoms with Gasteiger partial charge >= 0.3 is 5.97 Å². The molecule has 110 valence electrons. The van der Waals surface area contributed by atoms with E-state index < -0.39 is 5.97 Å². The Morgan fingerprint density at radius 3 is 2.37 bits per heavy atom. The molecule has 0 atom stereocenters. The summed E-state index contributed by atoms with van der Waals surface area (Å²) >= 11 is 0. The summed E-state index contributed by atoms with van der Waals surface area (Å²) in [5.74, 6) is -0.785. The smallest absolute Gasteiger partial charge is 0.305 e. The van der Waals surface area contributed by atoms with Crippen molar-refractivity contribution in [3.63, 3.8) is 0 Å². The lowest BCUT2D eigenvalue weighted by atomic mass is 9.79. The van der Waals surface area contributed by atoms with Gasteiger partial charge in [-0.15, -0.1) is 0 Å². The number of carboxylic acids is 1. The number of aliphatic carboxylic acids is 1. The number of rotatable bonds is 7. The summed E-state index contributed by atoms with van der Waals surface area (Å²) in [7, 11) is 1.92. The van der Waals surface area contributed by atoms with E-state index in [9.17, 15) is 9.59 Å². The number of carbonyl (C=O) groups is 2. The molecule has 5 heteroatoms. The number of carbonyl (C=O) groups excluding carboxylic acids is 1. The van der Waals surface area contributed by atoms with Crippen molar-refractivity contribution in [1.82, 2.24) is 10.2 Å². The van der Waals surface area contributed by atoms with E-state index in [0.717, 1.165) is 25.7 Å². The van der Waals surface area contributed by atoms with E-state index >= 15 is 0 Å². The summed E-state index contributed by atoms with van der Waals surface area (Å²) in [6.45, 7) is 2.78. The average molecular weight is 270 g/mol. The first-order chi connectivity index (χ1) is 9.03. The molecule has 5 nitrogen and oxygen atoms in total. The highest BCUT2D eigenvalue weighted by Gasteiger charge is 2.33. The van der Waals surface area contributed by atoms with E-state index in [-0.39, 0.29) is 17.9 Å². The van der Waals surface area contributed by atoms with E-state index in [0.29, 0.717) is 19.5 Å². The predicted molar refractivity (Wildman–Crippen MR) is 74.0 cm³/mol. The maximum absolute atomic E-state index is 12.3. The van der Waals surface area contributed by atoms with Crippen LogP contribution in [0.5, 0.6) is 0 Å². The summed E-state index contributed by atoms with van der Waals surface area (Å²) in [4.78, 5) is 24.6. The van der Waals surface area contributed by atoms with Gasteiger partial charge in [-0.2, -0.15) is 0 Å². The van der Waals surface area contributed by atoms with Gasteiger partial charge in [0.05, 0.1) is 6.42 Å². The van der Waals surface area contributed by atoms with Gasteiger partial charge < -0.3 is 15.3 Å². The van der Waals surface area contributed by atoms with Gasteiger partial charge in [0, 0.05) is 25.0 Å². The number of hydrogen-bond acceptors (Lipinski definition) is 3. The summed E-state index contributed by atoms with van der Waals surface area (Å²) < 4.78 is 0. The number of carboxylic acid groups (broad SMARTS) is 1. The van der Waals surface area contributed by atoms with Gasteiger partial charge in [-0.1, -0.05) is 19.3 Å². The fourth-order valence-electron chi connectivity index (χ4n) is 2.83. The van der Waals surface area contributed by atoms with Crippen LogP contribution in [-0.2, 0) is 9.59 Å². The first-order valence-electron chi connectivity index (χ1n) is 7.21. The third kappa shape index (κ3) is 4.82. The van der Waals surface area contributed by atoms with Crippen molar-refractivity contribution in [3.8, 4) is 0 Å². The molecule has 0 bridgehead atoms. The van der Waals surface area contributed by atoms with Crippen molar-refractivity contribution < 1.29 is 14.7 Å². The maximum Gasteiger partial charge on any atom is 0.305 e. The molecule has 0 aromatic heterocycles. The molecule has 0 aromatic rings. The van der Waals surface area contributed by atoms with Crippen LogP contribution in [0.4, 0.5) is 0 Å². The van der Waals surface area contributed by atoms with Gasteiger partial charge in [-0.05, 0) is 26.8 Å². The van der Waals surface area contributed by atoms with E-state index in [1.807, 2.05) is 14.0 Å². The topological polar surface area (TPSA) is 69.6 Å². The Hall–Kier alpha value is -1.10. The van der Waals surface area contributed by atoms with E-state index in [1.54, 1.807) is 4.90 Å². The Morgan fingerprint density at radius 1 is 1.26 bits per heavy atom. The number of amides is 1. The maximum atomic E-state index is 12.3. The molecule has 1 amide bonds. The van der Waals surface area contributed by atoms with Crippen molar-refractivity contribution in [2.45, 2.75) is 57.4 Å². The van der Waals surface area contributed by atoms with Crippen molar-refractivity contribution >= 4 is 11.9 Å². The highest BCUT2D eigenvalue weighted by atomic mass is 16.4. The Morgan fingerprint density at radius 2 is 1.89 bits per heavy atom. The Bertz CT molecular complexity index is 312. The van der Waals surface area contributed by atoms with Crippen molar-refractivity contribution in [3.05, 3.63) is 0 Å². The van der Waals surface area contributed by atoms with Crippen LogP contribution >= 0.6 is 0 Å². The van der Waals surface area contributed by atoms with E-state index in [4.69, 9.17) is 5.11 Å². The first kappa shape index (κ1) is 16.0. The molecule has 1 fully saturated rings. The van der Waals surface area contributed by atoms with Gasteiger partial charge in [-0.3, -0.25) is 9.59 Å². The van der Waals surface area contributed by atoms with Gasteiger partial charge in [-0.25, -0.2) is 0 Å². The molecule has 0 heterocycles. The fourth-order valence-corrected chi connectivity index (χ4v) is 2.83. The monoisotopic (exact) mass is 270 g/mol. The predicted octanol–water partition coefficient (Wildman–Crippen LogP) is 1.62. The molecule has 0 spiro atoms. The molecule has 1 aliphatic carbocycles. The van der Waals surface area contributed by atoms with Crippen LogP contribution in [0.15, 0.2) is 0 Å². The average Bonchev–Trinajstić information content (AvgIpc) is 2.40. The van der Waals surface area contributed by atoms with Crippen LogP contribution in [0.2, 0.25) is 0 Å². The van der Waals surface area contributed by atoms with Crippen LogP contribution < -0.4 is 5.32 Å². The first-order valence-corrected chi connectivity index (χ1v) is 7.21. The summed E-state index contributed by atoms with van der Waals surface area (Å²) in [6.07, 6.45) is 6.14. The van der Waals surface area contributed by atoms with Crippen LogP contribution in [0.3, 0.4) is 0 Å². The quantitative estimate of drug-likeness (QED) is 0.737. The van der Waals surface area contributed by atoms with E-state index in [1.165, 1.54) is 6.42 Å². The second kappa shape index (κ2) is 7.48. The summed E-state index contributed by atoms with van der Waals surface area (Å²) in [5, 5.41) is 12.0. The van der Waals surface area contributed by atoms with Crippen LogP contribution in [0, 0.1) is 0 Å². The van der Waals surface area contributed by atoms with Crippen molar-refractivity contribution in [2.24, 2.45) is 0 Å². The Balaban J connectivity index is 2.56. The molecule has 0 aromatic carbocycles. The molecule has 1 rings (SSSR count). The standard InChI is InChI=1S/C14H26N2O3/c1-3-16(10-7-13(18)19)12(17)11-14(15-2)8-5-4-6-9-14/h15H,3-11H2,1-2H3,(H,18,19). The number of nitrogens with one attached hydrogen (secondary N) is 1. The minimum atomic E-state index is -0.854. The van der Waals surface area contributed by atoms with Crippen molar-refractivity contribution in [2.75, 3.05) is 20.1 Å². The Kier molecular flexibility index (Phi) is 6.28. The zero-order valence-electron chi connectivity index (χ0n) is 12.1. The van der Waals surface area contributed by atoms with Gasteiger partial charge in [0.1, 0.15) is 0 Å². The second-order valence-corrected chi connectivity index (χ2v) is 5.38. The minimum absolute atomic E-state index is 0.0200. The van der Waals surface area contributed by atoms with Crippen molar-refractivity contribution in [1.29, 1.82) is 0 Å². The number of nitrogens with zero attached hydrogens (tertiary/aromatic N) is 1. The zero-order valence-corrected chi connectivity index (χ0v) is 12.1. The molecule has 1 aliphatic rings. The third-order valence-electron chi connectivity index (χ3n) is 4.16. The molecule has 0 radical (unpaired) electrons. The SMILES string of the molecule is CCN(CCC(=O)O)C(=O)CC1(NC)CCCCC1. The van der Waals surface area contributed by atoms with Crippen LogP contribution in [0.25, 0.3) is 0 Å². The van der Waals surface area contributed by atoms with Gasteiger partial charge in [0.25, 0.3) is 0 Å². The second-order valence-electron chi connectivity index (χ2n) is 5.38. The molecule has 0 aliphatic heterocycles. The normalized spacial score (nSPS) is 18.0. The lowest BCUT2D eigenvalue weighted by Crippen LogP contribution is -2.49. The van der Waals surface area contributed by atoms with Gasteiger partial charge in [0.15, 0.2) is 0 Å². The lowest BCUT2D eigenvalue weighted by Gasteiger charge is -2.38. The fraction of sp³-hybridized carbons (Fsp3) is 0.857. The van der Waals surface area contributed by atoms with E-state index in [2.05, 4.69) is 5.32 Å². The highest BCUT2D eigenvalue weighted by Crippen LogP contribution is 2.31. The minimum Gasteiger partial charge on any atom is -0.481 e. The molecule has 1 saturated carbocycles. The highest BCUT2D eigenvalue weighted by molar-refractivity contribution is 5.78. The molecule has 0 saturated heterocycles. The summed E-state index contributed by atoms with van der Waals surface area (Å²) in [6, 6.07) is 0. The van der Waals surface area contributed by atoms with Gasteiger partial charge in [0.2, 0.25) is 5.91 Å². The van der Waals surface area contributed by atoms with Crippen LogP contribution in [0.1, 0.15) is 51.9 Å². The number of hydrogen-bond donors (Lipinski definition) is 2. The lowest BCUT2D eigenvalue weighted by molar-refractivity contribution is -0.138. The molecular weight excluding hydrogens is 244 g/mol. The molecule has 0 unspecified atom stereocenters. The third-order valence-corrected chi connectivity index (χ3v) is 4.16. The largest absolute Gasteiger partial charge is 0.481 e. The molecule has 19 heavy (non-hydrogen) atoms. The zero-order chi connectivity index (χ0) is 14.3. The molecular formula is C14H26N2O3. The molecule has 2 N–H and O–H groups in total. The summed E-state index contributed by atoms with van der Waals surface area (Å²) in [5.41, 5.74) is -0.0774. The Labute approximate surface area is 115 Å². The van der Waals surface area contributed by atoms with Crippen LogP contribution in [-0.4, -0.2) is 47.6 Å².